The largest absolute Gasteiger partial charge is 0.383 e. The molecule has 1 aromatic heterocycles. The van der Waals surface area contributed by atoms with E-state index in [-0.39, 0.29) is 0 Å². The molecule has 0 atom stereocenters. The summed E-state index contributed by atoms with van der Waals surface area (Å²) in [7, 11) is 1.73. The zero-order chi connectivity index (χ0) is 13.2. The summed E-state index contributed by atoms with van der Waals surface area (Å²) in [5, 5.41) is 4.51. The first-order chi connectivity index (χ1) is 8.72. The van der Waals surface area contributed by atoms with E-state index in [4.69, 9.17) is 4.74 Å². The van der Waals surface area contributed by atoms with Crippen LogP contribution in [0.3, 0.4) is 0 Å². The van der Waals surface area contributed by atoms with Crippen LogP contribution in [-0.2, 0) is 4.74 Å². The van der Waals surface area contributed by atoms with E-state index in [0.29, 0.717) is 0 Å². The van der Waals surface area contributed by atoms with Gasteiger partial charge in [0.15, 0.2) is 0 Å². The Morgan fingerprint density at radius 1 is 1.22 bits per heavy atom. The molecule has 0 aromatic carbocycles. The van der Waals surface area contributed by atoms with Crippen LogP contribution in [0.4, 0.5) is 0 Å². The van der Waals surface area contributed by atoms with Crippen LogP contribution in [0.25, 0.3) is 0 Å². The predicted octanol–water partition coefficient (Wildman–Crippen LogP) is 2.81. The van der Waals surface area contributed by atoms with Crippen LogP contribution in [0.1, 0.15) is 24.1 Å². The van der Waals surface area contributed by atoms with Gasteiger partial charge in [-0.15, -0.1) is 11.8 Å². The molecular weight excluding hydrogens is 244 g/mol. The highest BCUT2D eigenvalue weighted by molar-refractivity contribution is 7.99. The molecule has 4 heteroatoms. The summed E-state index contributed by atoms with van der Waals surface area (Å²) < 4.78 is 4.97. The first-order valence-electron chi connectivity index (χ1n) is 6.50. The van der Waals surface area contributed by atoms with Crippen molar-refractivity contribution in [3.8, 4) is 0 Å². The van der Waals surface area contributed by atoms with Crippen LogP contribution in [0, 0.1) is 13.8 Å². The van der Waals surface area contributed by atoms with Crippen LogP contribution in [-0.4, -0.2) is 37.5 Å². The molecule has 1 heterocycles. The molecule has 0 aliphatic rings. The molecule has 0 fully saturated rings. The molecule has 0 amide bonds. The third-order valence-corrected chi connectivity index (χ3v) is 3.55. The maximum absolute atomic E-state index is 4.97. The van der Waals surface area contributed by atoms with Gasteiger partial charge in [-0.3, -0.25) is 0 Å². The summed E-state index contributed by atoms with van der Waals surface area (Å²) in [4.78, 5) is 4.52. The molecule has 0 unspecified atom stereocenters. The molecule has 1 N–H and O–H groups in total. The quantitative estimate of drug-likeness (QED) is 0.551. The van der Waals surface area contributed by atoms with Crippen molar-refractivity contribution in [2.75, 3.05) is 32.6 Å². The molecule has 0 aliphatic heterocycles. The van der Waals surface area contributed by atoms with E-state index in [2.05, 4.69) is 36.3 Å². The van der Waals surface area contributed by atoms with E-state index in [1.54, 1.807) is 7.11 Å². The van der Waals surface area contributed by atoms with Gasteiger partial charge in [0.05, 0.1) is 11.6 Å². The van der Waals surface area contributed by atoms with Gasteiger partial charge in [0.1, 0.15) is 0 Å². The van der Waals surface area contributed by atoms with Crippen molar-refractivity contribution >= 4 is 11.8 Å². The summed E-state index contributed by atoms with van der Waals surface area (Å²) in [6, 6.07) is 4.28. The summed E-state index contributed by atoms with van der Waals surface area (Å²) in [6.45, 7) is 6.99. The van der Waals surface area contributed by atoms with Crippen LogP contribution < -0.4 is 5.32 Å². The minimum absolute atomic E-state index is 0.793. The number of aromatic nitrogens is 1. The maximum Gasteiger partial charge on any atom is 0.0965 e. The molecule has 18 heavy (non-hydrogen) atoms. The lowest BCUT2D eigenvalue weighted by molar-refractivity contribution is 0.199. The predicted molar refractivity (Wildman–Crippen MR) is 78.4 cm³/mol. The number of methoxy groups -OCH3 is 1. The van der Waals surface area contributed by atoms with E-state index in [0.717, 1.165) is 36.2 Å². The SMILES string of the molecule is COCCNCCCCSc1cc(C)cc(C)n1. The normalized spacial score (nSPS) is 10.8. The van der Waals surface area contributed by atoms with E-state index in [1.807, 2.05) is 11.8 Å². The number of nitrogens with one attached hydrogen (secondary N) is 1. The van der Waals surface area contributed by atoms with Crippen LogP contribution in [0.5, 0.6) is 0 Å². The van der Waals surface area contributed by atoms with E-state index in [9.17, 15) is 0 Å². The fraction of sp³-hybridized carbons (Fsp3) is 0.643. The second-order valence-electron chi connectivity index (χ2n) is 4.42. The van der Waals surface area contributed by atoms with Gasteiger partial charge in [0.2, 0.25) is 0 Å². The van der Waals surface area contributed by atoms with Crippen molar-refractivity contribution in [2.45, 2.75) is 31.7 Å². The zero-order valence-corrected chi connectivity index (χ0v) is 12.5. The zero-order valence-electron chi connectivity index (χ0n) is 11.7. The highest BCUT2D eigenvalue weighted by Crippen LogP contribution is 2.18. The molecule has 3 nitrogen and oxygen atoms in total. The molecule has 0 saturated heterocycles. The summed E-state index contributed by atoms with van der Waals surface area (Å²) >= 11 is 1.85. The lowest BCUT2D eigenvalue weighted by Crippen LogP contribution is -2.20. The third-order valence-electron chi connectivity index (χ3n) is 2.56. The number of aryl methyl sites for hydroxylation is 2. The van der Waals surface area contributed by atoms with Crippen molar-refractivity contribution in [3.05, 3.63) is 23.4 Å². The standard InChI is InChI=1S/C14H24N2OS/c1-12-10-13(2)16-14(11-12)18-9-5-4-6-15-7-8-17-3/h10-11,15H,4-9H2,1-3H3. The first-order valence-corrected chi connectivity index (χ1v) is 7.48. The fourth-order valence-corrected chi connectivity index (χ4v) is 2.74. The average molecular weight is 268 g/mol. The Bertz CT molecular complexity index is 324. The molecule has 0 aliphatic carbocycles. The number of rotatable bonds is 9. The van der Waals surface area contributed by atoms with Gasteiger partial charge in [-0.05, 0) is 56.7 Å². The number of hydrogen-bond donors (Lipinski definition) is 1. The van der Waals surface area contributed by atoms with Crippen molar-refractivity contribution < 1.29 is 4.74 Å². The topological polar surface area (TPSA) is 34.1 Å². The smallest absolute Gasteiger partial charge is 0.0965 e. The van der Waals surface area contributed by atoms with Crippen LogP contribution >= 0.6 is 11.8 Å². The second kappa shape index (κ2) is 9.36. The van der Waals surface area contributed by atoms with Gasteiger partial charge in [-0.25, -0.2) is 4.98 Å². The van der Waals surface area contributed by atoms with E-state index < -0.39 is 0 Å². The molecule has 1 aromatic rings. The van der Waals surface area contributed by atoms with Crippen molar-refractivity contribution in [2.24, 2.45) is 0 Å². The Morgan fingerprint density at radius 2 is 2.06 bits per heavy atom. The molecular formula is C14H24N2OS. The lowest BCUT2D eigenvalue weighted by atomic mass is 10.3. The van der Waals surface area contributed by atoms with Gasteiger partial charge in [-0.1, -0.05) is 0 Å². The number of ether oxygens (including phenoxy) is 1. The average Bonchev–Trinajstić information content (AvgIpc) is 2.31. The molecule has 102 valence electrons. The Kier molecular flexibility index (Phi) is 8.05. The van der Waals surface area contributed by atoms with Gasteiger partial charge in [-0.2, -0.15) is 0 Å². The van der Waals surface area contributed by atoms with E-state index >= 15 is 0 Å². The third kappa shape index (κ3) is 6.99. The number of unbranched alkanes of at least 4 members (excludes halogenated alkanes) is 1. The molecule has 0 radical (unpaired) electrons. The Balaban J connectivity index is 2.07. The number of thioether (sulfide) groups is 1. The molecule has 0 bridgehead atoms. The van der Waals surface area contributed by atoms with Crippen molar-refractivity contribution in [3.63, 3.8) is 0 Å². The van der Waals surface area contributed by atoms with E-state index in [1.165, 1.54) is 18.4 Å². The van der Waals surface area contributed by atoms with Gasteiger partial charge in [0, 0.05) is 19.3 Å². The molecule has 0 spiro atoms. The minimum atomic E-state index is 0.793. The highest BCUT2D eigenvalue weighted by Gasteiger charge is 1.98. The number of hydrogen-bond acceptors (Lipinski definition) is 4. The Hall–Kier alpha value is -0.580. The van der Waals surface area contributed by atoms with Gasteiger partial charge in [0.25, 0.3) is 0 Å². The minimum Gasteiger partial charge on any atom is -0.383 e. The maximum atomic E-state index is 4.97. The highest BCUT2D eigenvalue weighted by atomic mass is 32.2. The van der Waals surface area contributed by atoms with Crippen molar-refractivity contribution in [1.29, 1.82) is 0 Å². The van der Waals surface area contributed by atoms with Crippen molar-refractivity contribution in [1.82, 2.24) is 10.3 Å². The van der Waals surface area contributed by atoms with Gasteiger partial charge >= 0.3 is 0 Å². The Labute approximate surface area is 115 Å². The summed E-state index contributed by atoms with van der Waals surface area (Å²) in [6.07, 6.45) is 2.43. The lowest BCUT2D eigenvalue weighted by Gasteiger charge is -2.05. The van der Waals surface area contributed by atoms with Crippen LogP contribution in [0.15, 0.2) is 17.2 Å². The molecule has 1 rings (SSSR count). The van der Waals surface area contributed by atoms with Gasteiger partial charge < -0.3 is 10.1 Å². The fourth-order valence-electron chi connectivity index (χ4n) is 1.71. The number of pyridine rings is 1. The summed E-state index contributed by atoms with van der Waals surface area (Å²) in [5.41, 5.74) is 2.41. The van der Waals surface area contributed by atoms with Crippen LogP contribution in [0.2, 0.25) is 0 Å². The first kappa shape index (κ1) is 15.5. The number of nitrogens with zero attached hydrogens (tertiary/aromatic N) is 1. The molecule has 0 saturated carbocycles. The second-order valence-corrected chi connectivity index (χ2v) is 5.54. The monoisotopic (exact) mass is 268 g/mol. The Morgan fingerprint density at radius 3 is 2.78 bits per heavy atom. The summed E-state index contributed by atoms with van der Waals surface area (Å²) in [5.74, 6) is 1.14.